The van der Waals surface area contributed by atoms with Crippen LogP contribution in [0, 0.1) is 0 Å². The van der Waals surface area contributed by atoms with Crippen molar-refractivity contribution in [2.24, 2.45) is 4.99 Å². The molecule has 12 rings (SSSR count). The van der Waals surface area contributed by atoms with E-state index in [0.29, 0.717) is 0 Å². The first kappa shape index (κ1) is 35.0. The van der Waals surface area contributed by atoms with Gasteiger partial charge in [-0.1, -0.05) is 164 Å². The molecule has 0 N–H and O–H groups in total. The van der Waals surface area contributed by atoms with Crippen molar-refractivity contribution >= 4 is 50.1 Å². The molecule has 10 aromatic rings. The van der Waals surface area contributed by atoms with Crippen molar-refractivity contribution in [2.75, 3.05) is 0 Å². The van der Waals surface area contributed by atoms with Gasteiger partial charge in [0, 0.05) is 49.7 Å². The van der Waals surface area contributed by atoms with Gasteiger partial charge in [0.2, 0.25) is 0 Å². The van der Waals surface area contributed by atoms with Crippen molar-refractivity contribution in [3.8, 4) is 45.1 Å². The number of fused-ring (bicyclic) bond motifs is 13. The molecule has 0 saturated carbocycles. The molecular weight excluding hydrogens is 743 g/mol. The molecule has 2 aliphatic rings. The molecule has 1 spiro atoms. The van der Waals surface area contributed by atoms with Crippen LogP contribution < -0.4 is 4.74 Å². The predicted octanol–water partition coefficient (Wildman–Crippen LogP) is 14.5. The second kappa shape index (κ2) is 13.6. The zero-order valence-corrected chi connectivity index (χ0v) is 33.4. The fourth-order valence-electron chi connectivity index (χ4n) is 9.86. The van der Waals surface area contributed by atoms with Crippen LogP contribution >= 0.6 is 0 Å². The Bertz CT molecular complexity index is 3430. The Labute approximate surface area is 353 Å². The average molecular weight is 780 g/mol. The van der Waals surface area contributed by atoms with E-state index in [9.17, 15) is 0 Å². The van der Waals surface area contributed by atoms with Crippen LogP contribution in [0.2, 0.25) is 0 Å². The smallest absolute Gasteiger partial charge is 0.132 e. The highest BCUT2D eigenvalue weighted by atomic mass is 16.5. The van der Waals surface area contributed by atoms with E-state index >= 15 is 0 Å². The van der Waals surface area contributed by atoms with Gasteiger partial charge in [0.05, 0.1) is 33.5 Å². The summed E-state index contributed by atoms with van der Waals surface area (Å²) >= 11 is 0. The van der Waals surface area contributed by atoms with Gasteiger partial charge in [-0.05, 0) is 76.5 Å². The number of ether oxygens (including phenoxy) is 1. The number of aromatic nitrogens is 2. The molecule has 0 atom stereocenters. The third-order valence-corrected chi connectivity index (χ3v) is 12.7. The van der Waals surface area contributed by atoms with Crippen LogP contribution in [0.4, 0.5) is 5.69 Å². The van der Waals surface area contributed by atoms with Crippen LogP contribution in [0.1, 0.15) is 40.3 Å². The minimum absolute atomic E-state index is 0.575. The molecule has 0 radical (unpaired) electrons. The van der Waals surface area contributed by atoms with Gasteiger partial charge < -0.3 is 4.74 Å². The highest BCUT2D eigenvalue weighted by molar-refractivity contribution is 6.14. The Kier molecular flexibility index (Phi) is 7.78. The van der Waals surface area contributed by atoms with E-state index in [4.69, 9.17) is 19.7 Å². The van der Waals surface area contributed by atoms with E-state index < -0.39 is 5.41 Å². The fourth-order valence-corrected chi connectivity index (χ4v) is 9.86. The molecule has 286 valence electrons. The Morgan fingerprint density at radius 3 is 2.00 bits per heavy atom. The molecule has 4 nitrogen and oxygen atoms in total. The van der Waals surface area contributed by atoms with Crippen molar-refractivity contribution in [2.45, 2.75) is 12.3 Å². The van der Waals surface area contributed by atoms with Gasteiger partial charge in [-0.3, -0.25) is 4.99 Å². The topological polar surface area (TPSA) is 47.4 Å². The normalized spacial score (nSPS) is 13.4. The van der Waals surface area contributed by atoms with Crippen molar-refractivity contribution in [3.63, 3.8) is 0 Å². The number of hydrogen-bond acceptors (Lipinski definition) is 4. The highest BCUT2D eigenvalue weighted by Crippen LogP contribution is 2.62. The van der Waals surface area contributed by atoms with Gasteiger partial charge in [0.1, 0.15) is 11.5 Å². The molecule has 1 aliphatic heterocycles. The largest absolute Gasteiger partial charge is 0.457 e. The van der Waals surface area contributed by atoms with Crippen LogP contribution in [-0.4, -0.2) is 15.7 Å². The molecular formula is C57H37N3O. The Balaban J connectivity index is 1.04. The van der Waals surface area contributed by atoms with Crippen LogP contribution in [0.25, 0.3) is 72.3 Å². The van der Waals surface area contributed by atoms with Crippen LogP contribution in [-0.2, 0) is 5.41 Å². The Hall–Kier alpha value is -7.95. The summed E-state index contributed by atoms with van der Waals surface area (Å²) in [5.74, 6) is 1.76. The zero-order chi connectivity index (χ0) is 40.7. The molecule has 0 unspecified atom stereocenters. The summed E-state index contributed by atoms with van der Waals surface area (Å²) in [5.41, 5.74) is 16.1. The highest BCUT2D eigenvalue weighted by Gasteiger charge is 2.51. The number of hydrogen-bond donors (Lipinski definition) is 0. The maximum Gasteiger partial charge on any atom is 0.132 e. The summed E-state index contributed by atoms with van der Waals surface area (Å²) < 4.78 is 6.63. The summed E-state index contributed by atoms with van der Waals surface area (Å²) in [4.78, 5) is 15.8. The predicted molar refractivity (Wildman–Crippen MR) is 251 cm³/mol. The summed E-state index contributed by atoms with van der Waals surface area (Å²) in [7, 11) is 0. The van der Waals surface area contributed by atoms with E-state index in [-0.39, 0.29) is 0 Å². The van der Waals surface area contributed by atoms with Crippen molar-refractivity contribution < 1.29 is 4.74 Å². The van der Waals surface area contributed by atoms with Gasteiger partial charge in [-0.2, -0.15) is 0 Å². The van der Waals surface area contributed by atoms with E-state index in [1.807, 2.05) is 24.3 Å². The summed E-state index contributed by atoms with van der Waals surface area (Å²) in [6.45, 7) is 6.19. The van der Waals surface area contributed by atoms with E-state index in [0.717, 1.165) is 94.9 Å². The number of benzene rings is 8. The van der Waals surface area contributed by atoms with Crippen molar-refractivity contribution in [1.82, 2.24) is 9.97 Å². The van der Waals surface area contributed by atoms with Crippen LogP contribution in [0.15, 0.2) is 200 Å². The first-order valence-corrected chi connectivity index (χ1v) is 20.7. The molecule has 0 fully saturated rings. The lowest BCUT2D eigenvalue weighted by atomic mass is 9.66. The number of nitrogens with zero attached hydrogens (tertiary/aromatic N) is 3. The van der Waals surface area contributed by atoms with Crippen molar-refractivity contribution in [1.29, 1.82) is 0 Å². The molecule has 3 heterocycles. The first-order chi connectivity index (χ1) is 30.1. The lowest BCUT2D eigenvalue weighted by Gasteiger charge is -2.39. The molecule has 8 aromatic carbocycles. The summed E-state index contributed by atoms with van der Waals surface area (Å²) in [6, 6.07) is 66.6. The van der Waals surface area contributed by atoms with Crippen LogP contribution in [0.5, 0.6) is 11.5 Å². The summed E-state index contributed by atoms with van der Waals surface area (Å²) in [6.07, 6.45) is 1.86. The molecule has 0 bridgehead atoms. The lowest BCUT2D eigenvalue weighted by Crippen LogP contribution is -2.32. The first-order valence-electron chi connectivity index (χ1n) is 20.7. The van der Waals surface area contributed by atoms with Gasteiger partial charge in [0.15, 0.2) is 0 Å². The lowest BCUT2D eigenvalue weighted by molar-refractivity contribution is 0.436. The standard InChI is InChI=1S/C57H37N3O/c1-3-36-25-28-40-31-32-50(38-15-5-4-6-16-38)59-56(40)55(36)58-35(2)37-26-29-39(30-27-37)54-45-34-49-44(33-43(45)42-18-8-12-22-51(42)60-54)41-17-7-9-19-46(41)57(49)47-20-10-13-23-52(47)61-53-24-14-11-21-48(53)57/h3-34H,1H2,2H3. The van der Waals surface area contributed by atoms with Gasteiger partial charge >= 0.3 is 0 Å². The molecule has 2 aromatic heterocycles. The van der Waals surface area contributed by atoms with E-state index in [1.54, 1.807) is 0 Å². The number of pyridine rings is 2. The molecule has 61 heavy (non-hydrogen) atoms. The van der Waals surface area contributed by atoms with Gasteiger partial charge in [-0.15, -0.1) is 0 Å². The minimum Gasteiger partial charge on any atom is -0.457 e. The SMILES string of the molecule is C=Cc1ccc2ccc(-c3ccccc3)nc2c1N=C(C)c1ccc(-c2nc3ccccc3c3cc4c(cc23)C2(c3ccccc3Oc3ccccc32)c2ccccc2-4)cc1. The van der Waals surface area contributed by atoms with Gasteiger partial charge in [-0.25, -0.2) is 9.97 Å². The average Bonchev–Trinajstić information content (AvgIpc) is 3.60. The third kappa shape index (κ3) is 5.22. The monoisotopic (exact) mass is 779 g/mol. The van der Waals surface area contributed by atoms with E-state index in [2.05, 4.69) is 183 Å². The Morgan fingerprint density at radius 1 is 0.557 bits per heavy atom. The maximum absolute atomic E-state index is 6.63. The van der Waals surface area contributed by atoms with Gasteiger partial charge in [0.25, 0.3) is 0 Å². The number of para-hydroxylation sites is 3. The molecule has 1 aliphatic carbocycles. The second-order valence-corrected chi connectivity index (χ2v) is 15.9. The molecule has 0 amide bonds. The Morgan fingerprint density at radius 2 is 1.23 bits per heavy atom. The quantitative estimate of drug-likeness (QED) is 0.129. The van der Waals surface area contributed by atoms with Crippen molar-refractivity contribution in [3.05, 3.63) is 228 Å². The summed E-state index contributed by atoms with van der Waals surface area (Å²) in [5, 5.41) is 4.45. The zero-order valence-electron chi connectivity index (χ0n) is 33.4. The van der Waals surface area contributed by atoms with E-state index in [1.165, 1.54) is 27.6 Å². The maximum atomic E-state index is 6.63. The van der Waals surface area contributed by atoms with Crippen LogP contribution in [0.3, 0.4) is 0 Å². The second-order valence-electron chi connectivity index (χ2n) is 15.9. The number of aliphatic imine (C=N–C) groups is 1. The molecule has 4 heteroatoms. The third-order valence-electron chi connectivity index (χ3n) is 12.7. The molecule has 0 saturated heterocycles. The number of rotatable bonds is 5. The fraction of sp³-hybridized carbons (Fsp3) is 0.0351. The minimum atomic E-state index is -0.575.